The number of hydrogen-bond donors (Lipinski definition) is 0. The van der Waals surface area contributed by atoms with Crippen LogP contribution in [0.3, 0.4) is 0 Å². The zero-order valence-electron chi connectivity index (χ0n) is 8.04. The molecular formula is C11H10BrNO. The molecule has 0 aliphatic rings. The molecule has 2 nitrogen and oxygen atoms in total. The molecule has 0 bridgehead atoms. The number of carbonyl (C=O) groups is 1. The van der Waals surface area contributed by atoms with E-state index >= 15 is 0 Å². The minimum atomic E-state index is -0.549. The highest BCUT2D eigenvalue weighted by atomic mass is 79.9. The lowest BCUT2D eigenvalue weighted by atomic mass is 10.0. The summed E-state index contributed by atoms with van der Waals surface area (Å²) in [5.74, 6) is 0.0223. The largest absolute Gasteiger partial charge is 0.293 e. The predicted octanol–water partition coefficient (Wildman–Crippen LogP) is 3.59. The average molecular weight is 252 g/mol. The summed E-state index contributed by atoms with van der Waals surface area (Å²) in [6.07, 6.45) is 0. The molecule has 72 valence electrons. The topological polar surface area (TPSA) is 21.4 Å². The number of alkyl halides is 1. The van der Waals surface area contributed by atoms with Gasteiger partial charge in [-0.25, -0.2) is 4.85 Å². The first-order valence-corrected chi connectivity index (χ1v) is 4.95. The zero-order valence-corrected chi connectivity index (χ0v) is 9.63. The summed E-state index contributed by atoms with van der Waals surface area (Å²) in [4.78, 5) is 15.0. The summed E-state index contributed by atoms with van der Waals surface area (Å²) in [6, 6.07) is 6.66. The van der Waals surface area contributed by atoms with E-state index in [0.29, 0.717) is 11.3 Å². The van der Waals surface area contributed by atoms with Gasteiger partial charge >= 0.3 is 0 Å². The minimum Gasteiger partial charge on any atom is -0.293 e. The smallest absolute Gasteiger partial charge is 0.187 e. The van der Waals surface area contributed by atoms with Crippen LogP contribution in [0.5, 0.6) is 0 Å². The van der Waals surface area contributed by atoms with E-state index < -0.39 is 4.32 Å². The highest BCUT2D eigenvalue weighted by Crippen LogP contribution is 2.23. The molecule has 0 fully saturated rings. The van der Waals surface area contributed by atoms with E-state index in [1.54, 1.807) is 38.1 Å². The van der Waals surface area contributed by atoms with Crippen molar-refractivity contribution in [1.29, 1.82) is 0 Å². The number of halogens is 1. The van der Waals surface area contributed by atoms with Crippen LogP contribution in [-0.2, 0) is 0 Å². The van der Waals surface area contributed by atoms with E-state index in [9.17, 15) is 4.79 Å². The second-order valence-electron chi connectivity index (χ2n) is 3.46. The molecule has 3 heteroatoms. The summed E-state index contributed by atoms with van der Waals surface area (Å²) in [6.45, 7) is 10.4. The van der Waals surface area contributed by atoms with Crippen molar-refractivity contribution in [3.63, 3.8) is 0 Å². The van der Waals surface area contributed by atoms with Crippen LogP contribution in [-0.4, -0.2) is 10.1 Å². The fourth-order valence-electron chi connectivity index (χ4n) is 1.03. The van der Waals surface area contributed by atoms with Gasteiger partial charge in [0.05, 0.1) is 10.9 Å². The third-order valence-corrected chi connectivity index (χ3v) is 2.16. The lowest BCUT2D eigenvalue weighted by Crippen LogP contribution is -2.23. The highest BCUT2D eigenvalue weighted by Gasteiger charge is 2.24. The fraction of sp³-hybridized carbons (Fsp3) is 0.273. The number of ketones is 1. The van der Waals surface area contributed by atoms with E-state index in [0.717, 1.165) is 0 Å². The number of rotatable bonds is 2. The molecule has 0 aromatic heterocycles. The third kappa shape index (κ3) is 2.43. The number of nitrogens with zero attached hydrogens (tertiary/aromatic N) is 1. The third-order valence-electron chi connectivity index (χ3n) is 1.80. The van der Waals surface area contributed by atoms with Crippen molar-refractivity contribution in [2.24, 2.45) is 0 Å². The van der Waals surface area contributed by atoms with Gasteiger partial charge in [-0.2, -0.15) is 0 Å². The molecule has 14 heavy (non-hydrogen) atoms. The Morgan fingerprint density at radius 3 is 2.21 bits per heavy atom. The van der Waals surface area contributed by atoms with Gasteiger partial charge in [-0.15, -0.1) is 0 Å². The molecule has 0 spiro atoms. The maximum Gasteiger partial charge on any atom is 0.187 e. The molecule has 1 aromatic carbocycles. The van der Waals surface area contributed by atoms with Gasteiger partial charge in [-0.05, 0) is 13.8 Å². The molecule has 0 atom stereocenters. The van der Waals surface area contributed by atoms with Crippen LogP contribution in [0.15, 0.2) is 24.3 Å². The molecule has 0 heterocycles. The summed E-state index contributed by atoms with van der Waals surface area (Å²) in [5, 5.41) is 0. The van der Waals surface area contributed by atoms with E-state index in [2.05, 4.69) is 20.8 Å². The van der Waals surface area contributed by atoms with Crippen molar-refractivity contribution in [3.05, 3.63) is 41.2 Å². The Morgan fingerprint density at radius 1 is 1.36 bits per heavy atom. The molecule has 0 N–H and O–H groups in total. The number of Topliss-reactive ketones (excluding diaryl/α,β-unsaturated/α-hetero) is 1. The van der Waals surface area contributed by atoms with Crippen molar-refractivity contribution in [3.8, 4) is 0 Å². The van der Waals surface area contributed by atoms with Crippen molar-refractivity contribution in [2.45, 2.75) is 18.2 Å². The normalized spacial score (nSPS) is 10.7. The minimum absolute atomic E-state index is 0.0223. The van der Waals surface area contributed by atoms with E-state index in [1.165, 1.54) is 0 Å². The van der Waals surface area contributed by atoms with Crippen molar-refractivity contribution < 1.29 is 4.79 Å². The number of carbonyl (C=O) groups excluding carboxylic acids is 1. The second kappa shape index (κ2) is 3.93. The predicted molar refractivity (Wildman–Crippen MR) is 60.0 cm³/mol. The van der Waals surface area contributed by atoms with Crippen molar-refractivity contribution >= 4 is 27.4 Å². The Kier molecular flexibility index (Phi) is 3.07. The summed E-state index contributed by atoms with van der Waals surface area (Å²) < 4.78 is -0.549. The second-order valence-corrected chi connectivity index (χ2v) is 5.44. The van der Waals surface area contributed by atoms with Crippen molar-refractivity contribution in [2.75, 3.05) is 0 Å². The van der Waals surface area contributed by atoms with E-state index in [1.807, 2.05) is 0 Å². The first-order chi connectivity index (χ1) is 6.45. The van der Waals surface area contributed by atoms with E-state index in [-0.39, 0.29) is 5.78 Å². The monoisotopic (exact) mass is 251 g/mol. The summed E-state index contributed by atoms with van der Waals surface area (Å²) >= 11 is 3.31. The Hall–Kier alpha value is -1.14. The molecule has 0 aliphatic carbocycles. The fourth-order valence-corrected chi connectivity index (χ4v) is 1.26. The van der Waals surface area contributed by atoms with Crippen LogP contribution < -0.4 is 0 Å². The van der Waals surface area contributed by atoms with Gasteiger partial charge < -0.3 is 0 Å². The quantitative estimate of drug-likeness (QED) is 0.447. The van der Waals surface area contributed by atoms with Crippen LogP contribution >= 0.6 is 15.9 Å². The first-order valence-electron chi connectivity index (χ1n) is 4.16. The standard InChI is InChI=1S/C11H10BrNO/c1-11(2,12)10(14)8-4-6-9(13-3)7-5-8/h4-7H,1-2H3. The maximum absolute atomic E-state index is 11.7. The Balaban J connectivity index is 3.00. The number of benzene rings is 1. The van der Waals surface area contributed by atoms with Gasteiger partial charge in [-0.3, -0.25) is 4.79 Å². The van der Waals surface area contributed by atoms with Crippen LogP contribution in [0.4, 0.5) is 5.69 Å². The SMILES string of the molecule is [C-]#[N+]c1ccc(C(=O)C(C)(C)Br)cc1. The average Bonchev–Trinajstić information content (AvgIpc) is 2.15. The molecule has 0 saturated carbocycles. The molecule has 0 radical (unpaired) electrons. The molecule has 0 amide bonds. The van der Waals surface area contributed by atoms with Crippen LogP contribution in [0.1, 0.15) is 24.2 Å². The molecule has 0 aliphatic heterocycles. The lowest BCUT2D eigenvalue weighted by Gasteiger charge is -2.14. The molecule has 1 rings (SSSR count). The Labute approximate surface area is 91.9 Å². The number of hydrogen-bond acceptors (Lipinski definition) is 1. The zero-order chi connectivity index (χ0) is 10.8. The van der Waals surface area contributed by atoms with Crippen LogP contribution in [0, 0.1) is 6.57 Å². The van der Waals surface area contributed by atoms with Gasteiger partial charge in [0.15, 0.2) is 11.5 Å². The first kappa shape index (κ1) is 10.9. The van der Waals surface area contributed by atoms with Crippen molar-refractivity contribution in [1.82, 2.24) is 0 Å². The Bertz CT molecular complexity index is 381. The van der Waals surface area contributed by atoms with Crippen LogP contribution in [0.2, 0.25) is 0 Å². The van der Waals surface area contributed by atoms with E-state index in [4.69, 9.17) is 6.57 Å². The highest BCUT2D eigenvalue weighted by molar-refractivity contribution is 9.10. The van der Waals surface area contributed by atoms with Gasteiger partial charge in [0.25, 0.3) is 0 Å². The van der Waals surface area contributed by atoms with Gasteiger partial charge in [-0.1, -0.05) is 40.2 Å². The van der Waals surface area contributed by atoms with Gasteiger partial charge in [0, 0.05) is 5.56 Å². The molecule has 0 unspecified atom stereocenters. The molecule has 1 aromatic rings. The lowest BCUT2D eigenvalue weighted by molar-refractivity contribution is 0.0961. The summed E-state index contributed by atoms with van der Waals surface area (Å²) in [5.41, 5.74) is 1.17. The summed E-state index contributed by atoms with van der Waals surface area (Å²) in [7, 11) is 0. The Morgan fingerprint density at radius 2 is 1.86 bits per heavy atom. The molecular weight excluding hydrogens is 242 g/mol. The maximum atomic E-state index is 11.7. The molecule has 0 saturated heterocycles. The van der Waals surface area contributed by atoms with Gasteiger partial charge in [0.2, 0.25) is 0 Å². The van der Waals surface area contributed by atoms with Crippen LogP contribution in [0.25, 0.3) is 4.85 Å². The van der Waals surface area contributed by atoms with Gasteiger partial charge in [0.1, 0.15) is 0 Å².